The van der Waals surface area contributed by atoms with Gasteiger partial charge in [-0.05, 0) is 18.4 Å². The largest absolute Gasteiger partial charge is 0.327 e. The van der Waals surface area contributed by atoms with E-state index in [1.165, 1.54) is 6.42 Å². The summed E-state index contributed by atoms with van der Waals surface area (Å²) in [5.74, 6) is -0.767. The number of rotatable bonds is 1. The molecule has 3 nitrogen and oxygen atoms in total. The first-order valence-electron chi connectivity index (χ1n) is 6.39. The van der Waals surface area contributed by atoms with E-state index >= 15 is 0 Å². The van der Waals surface area contributed by atoms with Crippen molar-refractivity contribution >= 4 is 0 Å². The van der Waals surface area contributed by atoms with Crippen LogP contribution in [0.1, 0.15) is 37.4 Å². The van der Waals surface area contributed by atoms with E-state index < -0.39 is 5.97 Å². The molecule has 0 radical (unpaired) electrons. The van der Waals surface area contributed by atoms with Crippen molar-refractivity contribution in [3.63, 3.8) is 0 Å². The molecule has 0 aliphatic carbocycles. The summed E-state index contributed by atoms with van der Waals surface area (Å²) in [7, 11) is 0. The van der Waals surface area contributed by atoms with Gasteiger partial charge in [0.1, 0.15) is 6.10 Å². The lowest BCUT2D eigenvalue weighted by Gasteiger charge is -2.25. The van der Waals surface area contributed by atoms with Gasteiger partial charge < -0.3 is 14.2 Å². The van der Waals surface area contributed by atoms with Crippen LogP contribution in [0.4, 0.5) is 0 Å². The van der Waals surface area contributed by atoms with Crippen LogP contribution >= 0.6 is 0 Å². The van der Waals surface area contributed by atoms with E-state index in [4.69, 9.17) is 14.2 Å². The number of hydrogen-bond donors (Lipinski definition) is 0. The lowest BCUT2D eigenvalue weighted by atomic mass is 10.1. The molecule has 1 aromatic carbocycles. The maximum atomic E-state index is 6.01. The van der Waals surface area contributed by atoms with E-state index in [0.717, 1.165) is 31.4 Å². The fourth-order valence-corrected chi connectivity index (χ4v) is 2.45. The zero-order chi connectivity index (χ0) is 11.6. The van der Waals surface area contributed by atoms with E-state index in [1.807, 2.05) is 18.2 Å². The molecule has 92 valence electrons. The molecular formula is C14H18O3. The predicted molar refractivity (Wildman–Crippen MR) is 63.4 cm³/mol. The van der Waals surface area contributed by atoms with Gasteiger partial charge in [0.2, 0.25) is 0 Å². The van der Waals surface area contributed by atoms with Crippen LogP contribution < -0.4 is 0 Å². The highest BCUT2D eigenvalue weighted by atomic mass is 16.9. The molecule has 0 bridgehead atoms. The molecule has 2 saturated heterocycles. The molecule has 2 fully saturated rings. The lowest BCUT2D eigenvalue weighted by molar-refractivity contribution is -0.337. The molecule has 3 heteroatoms. The Morgan fingerprint density at radius 1 is 1.00 bits per heavy atom. The van der Waals surface area contributed by atoms with Gasteiger partial charge >= 0.3 is 0 Å². The van der Waals surface area contributed by atoms with Crippen molar-refractivity contribution < 1.29 is 14.2 Å². The predicted octanol–water partition coefficient (Wildman–Crippen LogP) is 3.02. The summed E-state index contributed by atoms with van der Waals surface area (Å²) in [5.41, 5.74) is 1.16. The highest BCUT2D eigenvalue weighted by Crippen LogP contribution is 2.38. The molecule has 1 aromatic rings. The molecule has 0 amide bonds. The highest BCUT2D eigenvalue weighted by Gasteiger charge is 2.43. The number of ether oxygens (including phenoxy) is 3. The molecule has 0 aromatic heterocycles. The molecular weight excluding hydrogens is 216 g/mol. The Morgan fingerprint density at radius 3 is 2.76 bits per heavy atom. The van der Waals surface area contributed by atoms with E-state index in [9.17, 15) is 0 Å². The summed E-state index contributed by atoms with van der Waals surface area (Å²) in [5, 5.41) is 0. The Morgan fingerprint density at radius 2 is 1.88 bits per heavy atom. The number of benzene rings is 1. The second-order valence-corrected chi connectivity index (χ2v) is 4.67. The third kappa shape index (κ3) is 2.37. The van der Waals surface area contributed by atoms with Gasteiger partial charge in [0.25, 0.3) is 5.97 Å². The zero-order valence-corrected chi connectivity index (χ0v) is 9.93. The van der Waals surface area contributed by atoms with Crippen LogP contribution in [0.15, 0.2) is 30.3 Å². The first-order valence-corrected chi connectivity index (χ1v) is 6.39. The van der Waals surface area contributed by atoms with Crippen molar-refractivity contribution in [1.29, 1.82) is 0 Å². The molecule has 1 spiro atoms. The van der Waals surface area contributed by atoms with Crippen molar-refractivity contribution in [2.45, 2.75) is 37.8 Å². The lowest BCUT2D eigenvalue weighted by Crippen LogP contribution is -2.33. The van der Waals surface area contributed by atoms with E-state index in [1.54, 1.807) is 0 Å². The second kappa shape index (κ2) is 4.77. The molecule has 2 heterocycles. The summed E-state index contributed by atoms with van der Waals surface area (Å²) in [6.45, 7) is 1.32. The van der Waals surface area contributed by atoms with Crippen molar-refractivity contribution in [2.24, 2.45) is 0 Å². The van der Waals surface area contributed by atoms with E-state index in [2.05, 4.69) is 12.1 Å². The minimum Gasteiger partial charge on any atom is -0.327 e. The van der Waals surface area contributed by atoms with Gasteiger partial charge in [-0.15, -0.1) is 0 Å². The molecule has 0 saturated carbocycles. The normalized spacial score (nSPS) is 33.8. The van der Waals surface area contributed by atoms with E-state index in [-0.39, 0.29) is 6.10 Å². The maximum Gasteiger partial charge on any atom is 0.283 e. The zero-order valence-electron chi connectivity index (χ0n) is 9.93. The molecule has 2 atom stereocenters. The van der Waals surface area contributed by atoms with Crippen molar-refractivity contribution in [1.82, 2.24) is 0 Å². The Bertz CT molecular complexity index is 355. The van der Waals surface area contributed by atoms with Gasteiger partial charge in [-0.3, -0.25) is 0 Å². The van der Waals surface area contributed by atoms with Crippen molar-refractivity contribution in [2.75, 3.05) is 13.2 Å². The minimum absolute atomic E-state index is 0.00861. The van der Waals surface area contributed by atoms with Gasteiger partial charge in [0, 0.05) is 6.42 Å². The van der Waals surface area contributed by atoms with E-state index in [0.29, 0.717) is 6.61 Å². The first-order chi connectivity index (χ1) is 8.38. The van der Waals surface area contributed by atoms with Crippen LogP contribution in [0.5, 0.6) is 0 Å². The van der Waals surface area contributed by atoms with Crippen LogP contribution in [0.2, 0.25) is 0 Å². The average molecular weight is 234 g/mol. The minimum atomic E-state index is -0.767. The maximum absolute atomic E-state index is 6.01. The molecule has 2 aliphatic heterocycles. The Labute approximate surface area is 102 Å². The van der Waals surface area contributed by atoms with Gasteiger partial charge in [-0.25, -0.2) is 0 Å². The van der Waals surface area contributed by atoms with Crippen LogP contribution in [0.25, 0.3) is 0 Å². The summed E-state index contributed by atoms with van der Waals surface area (Å²) >= 11 is 0. The second-order valence-electron chi connectivity index (χ2n) is 4.67. The quantitative estimate of drug-likeness (QED) is 0.747. The smallest absolute Gasteiger partial charge is 0.283 e. The monoisotopic (exact) mass is 234 g/mol. The topological polar surface area (TPSA) is 27.7 Å². The Hall–Kier alpha value is -0.900. The Balaban J connectivity index is 1.72. The van der Waals surface area contributed by atoms with Gasteiger partial charge in [0.15, 0.2) is 0 Å². The molecule has 0 N–H and O–H groups in total. The SMILES string of the molecule is c1ccc(C2COC3(CCCCCO3)O2)cc1. The van der Waals surface area contributed by atoms with Gasteiger partial charge in [-0.1, -0.05) is 36.8 Å². The molecule has 17 heavy (non-hydrogen) atoms. The summed E-state index contributed by atoms with van der Waals surface area (Å²) in [6, 6.07) is 10.2. The summed E-state index contributed by atoms with van der Waals surface area (Å²) in [6.07, 6.45) is 4.27. The average Bonchev–Trinajstić information content (AvgIpc) is 2.65. The summed E-state index contributed by atoms with van der Waals surface area (Å²) in [4.78, 5) is 0. The van der Waals surface area contributed by atoms with Crippen LogP contribution in [0, 0.1) is 0 Å². The van der Waals surface area contributed by atoms with Gasteiger partial charge in [0.05, 0.1) is 13.2 Å². The highest BCUT2D eigenvalue weighted by molar-refractivity contribution is 5.18. The van der Waals surface area contributed by atoms with Crippen LogP contribution in [0.3, 0.4) is 0 Å². The summed E-state index contributed by atoms with van der Waals surface area (Å²) < 4.78 is 17.6. The van der Waals surface area contributed by atoms with Crippen molar-refractivity contribution in [3.8, 4) is 0 Å². The van der Waals surface area contributed by atoms with Crippen LogP contribution in [-0.4, -0.2) is 19.2 Å². The molecule has 2 unspecified atom stereocenters. The van der Waals surface area contributed by atoms with Gasteiger partial charge in [-0.2, -0.15) is 0 Å². The standard InChI is InChI=1S/C14H18O3/c1-3-7-12(8-4-1)13-11-16-14(17-13)9-5-2-6-10-15-14/h1,3-4,7-8,13H,2,5-6,9-11H2. The fraction of sp³-hybridized carbons (Fsp3) is 0.571. The Kier molecular flexibility index (Phi) is 3.14. The third-order valence-corrected chi connectivity index (χ3v) is 3.40. The van der Waals surface area contributed by atoms with Crippen LogP contribution in [-0.2, 0) is 14.2 Å². The fourth-order valence-electron chi connectivity index (χ4n) is 2.45. The first kappa shape index (κ1) is 11.2. The van der Waals surface area contributed by atoms with Crippen molar-refractivity contribution in [3.05, 3.63) is 35.9 Å². The molecule has 3 rings (SSSR count). The third-order valence-electron chi connectivity index (χ3n) is 3.40. The molecule has 2 aliphatic rings. The number of hydrogen-bond acceptors (Lipinski definition) is 3.